The lowest BCUT2D eigenvalue weighted by atomic mass is 10.0. The van der Waals surface area contributed by atoms with Gasteiger partial charge in [0.15, 0.2) is 0 Å². The van der Waals surface area contributed by atoms with Crippen molar-refractivity contribution in [3.05, 3.63) is 60.9 Å². The van der Waals surface area contributed by atoms with Crippen molar-refractivity contribution in [1.29, 1.82) is 0 Å². The Hall–Kier alpha value is -3.66. The molecular weight excluding hydrogens is 524 g/mol. The lowest BCUT2D eigenvalue weighted by Crippen LogP contribution is -2.63. The first-order valence-electron chi connectivity index (χ1n) is 15.5. The average Bonchev–Trinajstić information content (AvgIpc) is 3.75. The summed E-state index contributed by atoms with van der Waals surface area (Å²) < 4.78 is 8.23. The highest BCUT2D eigenvalue weighted by Crippen LogP contribution is 2.41. The van der Waals surface area contributed by atoms with Crippen LogP contribution in [0.4, 0.5) is 17.3 Å². The minimum absolute atomic E-state index is 0.568. The molecule has 3 saturated heterocycles. The molecule has 2 aromatic heterocycles. The van der Waals surface area contributed by atoms with Crippen molar-refractivity contribution in [1.82, 2.24) is 29.7 Å². The maximum absolute atomic E-state index is 5.82. The van der Waals surface area contributed by atoms with Gasteiger partial charge in [0.1, 0.15) is 5.75 Å². The molecule has 42 heavy (non-hydrogen) atoms. The second-order valence-corrected chi connectivity index (χ2v) is 12.4. The zero-order valence-electron chi connectivity index (χ0n) is 24.4. The molecule has 9 heteroatoms. The van der Waals surface area contributed by atoms with Crippen LogP contribution >= 0.6 is 0 Å². The molecule has 2 N–H and O–H groups in total. The first-order valence-corrected chi connectivity index (χ1v) is 15.5. The van der Waals surface area contributed by atoms with E-state index in [2.05, 4.69) is 83.5 Å². The van der Waals surface area contributed by atoms with Crippen molar-refractivity contribution < 1.29 is 4.74 Å². The molecule has 1 aliphatic carbocycles. The summed E-state index contributed by atoms with van der Waals surface area (Å²) in [6.45, 7) is 10.6. The third-order valence-electron chi connectivity index (χ3n) is 9.58. The van der Waals surface area contributed by atoms with E-state index in [0.29, 0.717) is 18.0 Å². The highest BCUT2D eigenvalue weighted by molar-refractivity contribution is 5.95. The van der Waals surface area contributed by atoms with Gasteiger partial charge in [-0.3, -0.25) is 4.90 Å². The van der Waals surface area contributed by atoms with Crippen molar-refractivity contribution in [3.8, 4) is 17.0 Å². The number of hydrogen-bond donors (Lipinski definition) is 2. The number of nitrogens with one attached hydrogen (secondary N) is 2. The minimum atomic E-state index is 0.568. The van der Waals surface area contributed by atoms with Crippen LogP contribution in [-0.2, 0) is 0 Å². The van der Waals surface area contributed by atoms with E-state index in [0.717, 1.165) is 41.7 Å². The Kier molecular flexibility index (Phi) is 6.73. The summed E-state index contributed by atoms with van der Waals surface area (Å²) in [6, 6.07) is 18.3. The van der Waals surface area contributed by atoms with Gasteiger partial charge in [-0.1, -0.05) is 18.2 Å². The maximum Gasteiger partial charge on any atom is 0.227 e. The standard InChI is InChI=1S/C33H40N8O/c1-42-32-16-25(40-20-26(21-40)39-14-12-38(13-15-39)19-23-17-34-18-23)8-9-30(32)37-33-35-11-10-29(36-33)28-22-41(24-6-7-24)31-5-3-2-4-27(28)31/h2-5,8-11,16,22-24,26,34H,6-7,12-15,17-21H2,1H3,(H,35,36,37). The summed E-state index contributed by atoms with van der Waals surface area (Å²) in [5.41, 5.74) is 5.42. The number of para-hydroxylation sites is 1. The van der Waals surface area contributed by atoms with E-state index in [4.69, 9.17) is 9.72 Å². The smallest absolute Gasteiger partial charge is 0.227 e. The summed E-state index contributed by atoms with van der Waals surface area (Å²) in [5.74, 6) is 2.23. The molecule has 0 radical (unpaired) electrons. The van der Waals surface area contributed by atoms with Crippen LogP contribution < -0.4 is 20.3 Å². The molecule has 0 atom stereocenters. The Bertz CT molecular complexity index is 1560. The third kappa shape index (κ3) is 4.99. The number of benzene rings is 2. The summed E-state index contributed by atoms with van der Waals surface area (Å²) in [6.07, 6.45) is 6.59. The fourth-order valence-electron chi connectivity index (χ4n) is 6.78. The molecule has 5 heterocycles. The van der Waals surface area contributed by atoms with E-state index >= 15 is 0 Å². The second kappa shape index (κ2) is 10.9. The summed E-state index contributed by atoms with van der Waals surface area (Å²) in [7, 11) is 1.73. The molecule has 1 saturated carbocycles. The first kappa shape index (κ1) is 26.0. The van der Waals surface area contributed by atoms with Gasteiger partial charge in [-0.25, -0.2) is 9.97 Å². The maximum atomic E-state index is 5.82. The Morgan fingerprint density at radius 3 is 2.57 bits per heavy atom. The molecule has 4 aliphatic rings. The zero-order chi connectivity index (χ0) is 28.0. The molecule has 3 aliphatic heterocycles. The van der Waals surface area contributed by atoms with Crippen molar-refractivity contribution in [3.63, 3.8) is 0 Å². The van der Waals surface area contributed by atoms with Crippen LogP contribution in [0.15, 0.2) is 60.9 Å². The number of fused-ring (bicyclic) bond motifs is 1. The number of nitrogens with zero attached hydrogens (tertiary/aromatic N) is 6. The monoisotopic (exact) mass is 564 g/mol. The summed E-state index contributed by atoms with van der Waals surface area (Å²) >= 11 is 0. The summed E-state index contributed by atoms with van der Waals surface area (Å²) in [4.78, 5) is 17.3. The van der Waals surface area contributed by atoms with Gasteiger partial charge in [0.25, 0.3) is 0 Å². The van der Waals surface area contributed by atoms with Crippen LogP contribution in [0.25, 0.3) is 22.2 Å². The minimum Gasteiger partial charge on any atom is -0.494 e. The Labute approximate surface area is 247 Å². The topological polar surface area (TPSA) is 73.7 Å². The number of anilines is 3. The lowest BCUT2D eigenvalue weighted by molar-refractivity contribution is 0.0689. The third-order valence-corrected chi connectivity index (χ3v) is 9.58. The van der Waals surface area contributed by atoms with Gasteiger partial charge >= 0.3 is 0 Å². The van der Waals surface area contributed by atoms with Crippen LogP contribution in [0.3, 0.4) is 0 Å². The fourth-order valence-corrected chi connectivity index (χ4v) is 6.78. The highest BCUT2D eigenvalue weighted by Gasteiger charge is 2.34. The normalized spacial score (nSPS) is 20.5. The number of aromatic nitrogens is 3. The summed E-state index contributed by atoms with van der Waals surface area (Å²) in [5, 5.41) is 8.05. The molecule has 218 valence electrons. The van der Waals surface area contributed by atoms with Gasteiger partial charge in [0.05, 0.1) is 18.5 Å². The molecule has 2 aromatic carbocycles. The van der Waals surface area contributed by atoms with Crippen LogP contribution in [0.2, 0.25) is 0 Å². The quantitative estimate of drug-likeness (QED) is 0.313. The van der Waals surface area contributed by atoms with Crippen LogP contribution in [0, 0.1) is 5.92 Å². The van der Waals surface area contributed by atoms with E-state index in [-0.39, 0.29) is 0 Å². The molecule has 4 fully saturated rings. The fraction of sp³-hybridized carbons (Fsp3) is 0.455. The Morgan fingerprint density at radius 2 is 1.81 bits per heavy atom. The van der Waals surface area contributed by atoms with E-state index in [1.54, 1.807) is 7.11 Å². The Morgan fingerprint density at radius 1 is 0.976 bits per heavy atom. The molecule has 4 aromatic rings. The Balaban J connectivity index is 0.926. The molecule has 0 bridgehead atoms. The highest BCUT2D eigenvalue weighted by atomic mass is 16.5. The lowest BCUT2D eigenvalue weighted by Gasteiger charge is -2.49. The van der Waals surface area contributed by atoms with E-state index in [1.807, 2.05) is 12.3 Å². The SMILES string of the molecule is COc1cc(N2CC(N3CCN(CC4CNC4)CC3)C2)ccc1Nc1nccc(-c2cn(C3CC3)c3ccccc23)n1. The van der Waals surface area contributed by atoms with Crippen molar-refractivity contribution in [2.24, 2.45) is 5.92 Å². The van der Waals surface area contributed by atoms with Gasteiger partial charge in [-0.15, -0.1) is 0 Å². The van der Waals surface area contributed by atoms with Crippen molar-refractivity contribution in [2.45, 2.75) is 24.9 Å². The van der Waals surface area contributed by atoms with Gasteiger partial charge in [0, 0.05) is 112 Å². The van der Waals surface area contributed by atoms with E-state index < -0.39 is 0 Å². The molecule has 0 unspecified atom stereocenters. The van der Waals surface area contributed by atoms with Crippen LogP contribution in [-0.4, -0.2) is 96.4 Å². The molecule has 9 nitrogen and oxygen atoms in total. The van der Waals surface area contributed by atoms with E-state index in [1.165, 1.54) is 75.2 Å². The van der Waals surface area contributed by atoms with Gasteiger partial charge in [0.2, 0.25) is 5.95 Å². The number of methoxy groups -OCH3 is 1. The molecule has 0 amide bonds. The zero-order valence-corrected chi connectivity index (χ0v) is 24.4. The van der Waals surface area contributed by atoms with Gasteiger partial charge < -0.3 is 29.7 Å². The first-order chi connectivity index (χ1) is 20.7. The van der Waals surface area contributed by atoms with Gasteiger partial charge in [-0.2, -0.15) is 0 Å². The van der Waals surface area contributed by atoms with Crippen LogP contribution in [0.1, 0.15) is 18.9 Å². The molecule has 8 rings (SSSR count). The van der Waals surface area contributed by atoms with Crippen molar-refractivity contribution in [2.75, 3.05) is 76.2 Å². The van der Waals surface area contributed by atoms with E-state index in [9.17, 15) is 0 Å². The number of piperazine rings is 1. The number of hydrogen-bond acceptors (Lipinski definition) is 8. The number of ether oxygens (including phenoxy) is 1. The van der Waals surface area contributed by atoms with Crippen LogP contribution in [0.5, 0.6) is 5.75 Å². The molecular formula is C33H40N8O. The second-order valence-electron chi connectivity index (χ2n) is 12.4. The number of rotatable bonds is 9. The average molecular weight is 565 g/mol. The van der Waals surface area contributed by atoms with Gasteiger partial charge in [-0.05, 0) is 43.0 Å². The predicted molar refractivity (Wildman–Crippen MR) is 168 cm³/mol. The van der Waals surface area contributed by atoms with Crippen molar-refractivity contribution >= 4 is 28.2 Å². The predicted octanol–water partition coefficient (Wildman–Crippen LogP) is 4.21. The molecule has 0 spiro atoms. The largest absolute Gasteiger partial charge is 0.494 e.